The number of aryl methyl sites for hydroxylation is 1. The summed E-state index contributed by atoms with van der Waals surface area (Å²) in [5.41, 5.74) is 7.48. The minimum Gasteiger partial charge on any atom is -0.491 e. The molecule has 174 valence electrons. The molecule has 1 aliphatic heterocycles. The van der Waals surface area contributed by atoms with Crippen LogP contribution < -0.4 is 15.4 Å². The molecule has 2 aliphatic rings. The summed E-state index contributed by atoms with van der Waals surface area (Å²) in [7, 11) is 0. The van der Waals surface area contributed by atoms with Gasteiger partial charge in [0.05, 0.1) is 23.5 Å². The lowest BCUT2D eigenvalue weighted by Gasteiger charge is -2.30. The van der Waals surface area contributed by atoms with Gasteiger partial charge in [0, 0.05) is 17.7 Å². The van der Waals surface area contributed by atoms with Crippen molar-refractivity contribution in [1.82, 2.24) is 0 Å². The molecule has 1 heterocycles. The van der Waals surface area contributed by atoms with Gasteiger partial charge in [0.1, 0.15) is 5.75 Å². The SMILES string of the molecule is CCc1ccc(C2CC(=O)C3=C(C2)Nc2ccccc2NC3c2ccc(OC(C)C)cc2)cc1. The number of hydrogen-bond acceptors (Lipinski definition) is 4. The number of hydrogen-bond donors (Lipinski definition) is 2. The van der Waals surface area contributed by atoms with Gasteiger partial charge in [0.2, 0.25) is 0 Å². The lowest BCUT2D eigenvalue weighted by molar-refractivity contribution is -0.116. The van der Waals surface area contributed by atoms with Crippen LogP contribution in [0.3, 0.4) is 0 Å². The van der Waals surface area contributed by atoms with E-state index in [4.69, 9.17) is 4.74 Å². The zero-order valence-corrected chi connectivity index (χ0v) is 20.1. The molecule has 2 unspecified atom stereocenters. The standard InChI is InChI=1S/C30H32N2O2/c1-4-20-9-11-21(12-10-20)23-17-27-29(28(33)18-23)30(32-26-8-6-5-7-25(26)31-27)22-13-15-24(16-14-22)34-19(2)3/h5-16,19,23,30-32H,4,17-18H2,1-3H3. The number of carbonyl (C=O) groups excluding carboxylic acids is 1. The number of rotatable bonds is 5. The molecule has 0 radical (unpaired) electrons. The van der Waals surface area contributed by atoms with Crippen molar-refractivity contribution >= 4 is 17.2 Å². The fourth-order valence-corrected chi connectivity index (χ4v) is 5.01. The highest BCUT2D eigenvalue weighted by molar-refractivity contribution is 6.01. The Labute approximate surface area is 202 Å². The third-order valence-corrected chi connectivity index (χ3v) is 6.75. The van der Waals surface area contributed by atoms with Crippen LogP contribution in [0.15, 0.2) is 84.1 Å². The molecule has 0 saturated carbocycles. The van der Waals surface area contributed by atoms with Crippen LogP contribution >= 0.6 is 0 Å². The number of nitrogens with one attached hydrogen (secondary N) is 2. The summed E-state index contributed by atoms with van der Waals surface area (Å²) in [5, 5.41) is 7.28. The molecule has 4 heteroatoms. The number of ether oxygens (including phenoxy) is 1. The highest BCUT2D eigenvalue weighted by atomic mass is 16.5. The number of carbonyl (C=O) groups is 1. The maximum Gasteiger partial charge on any atom is 0.163 e. The number of fused-ring (bicyclic) bond motifs is 1. The molecular formula is C30H32N2O2. The Morgan fingerprint density at radius 2 is 1.56 bits per heavy atom. The first kappa shape index (κ1) is 22.3. The van der Waals surface area contributed by atoms with Gasteiger partial charge in [-0.25, -0.2) is 0 Å². The lowest BCUT2D eigenvalue weighted by Crippen LogP contribution is -2.26. The number of benzene rings is 3. The molecule has 3 aromatic rings. The quantitative estimate of drug-likeness (QED) is 0.437. The molecule has 0 saturated heterocycles. The third-order valence-electron chi connectivity index (χ3n) is 6.75. The second kappa shape index (κ2) is 9.38. The maximum atomic E-state index is 13.7. The van der Waals surface area contributed by atoms with Crippen LogP contribution in [-0.4, -0.2) is 11.9 Å². The molecular weight excluding hydrogens is 420 g/mol. The van der Waals surface area contributed by atoms with E-state index in [2.05, 4.69) is 66.1 Å². The van der Waals surface area contributed by atoms with Crippen molar-refractivity contribution in [2.24, 2.45) is 0 Å². The normalized spacial score (nSPS) is 19.6. The third kappa shape index (κ3) is 4.45. The monoisotopic (exact) mass is 452 g/mol. The minimum atomic E-state index is -0.213. The summed E-state index contributed by atoms with van der Waals surface area (Å²) in [6.07, 6.45) is 2.48. The number of ketones is 1. The van der Waals surface area contributed by atoms with Crippen molar-refractivity contribution in [3.8, 4) is 5.75 Å². The number of Topliss-reactive ketones (excluding diaryl/α,β-unsaturated/α-hetero) is 1. The van der Waals surface area contributed by atoms with Gasteiger partial charge >= 0.3 is 0 Å². The van der Waals surface area contributed by atoms with Gasteiger partial charge in [-0.15, -0.1) is 0 Å². The van der Waals surface area contributed by atoms with E-state index in [0.29, 0.717) is 6.42 Å². The van der Waals surface area contributed by atoms with Gasteiger partial charge < -0.3 is 15.4 Å². The number of anilines is 2. The van der Waals surface area contributed by atoms with Crippen LogP contribution in [-0.2, 0) is 11.2 Å². The topological polar surface area (TPSA) is 50.4 Å². The average Bonchev–Trinajstić information content (AvgIpc) is 3.01. The van der Waals surface area contributed by atoms with Gasteiger partial charge in [0.15, 0.2) is 5.78 Å². The van der Waals surface area contributed by atoms with Gasteiger partial charge in [-0.2, -0.15) is 0 Å². The zero-order chi connectivity index (χ0) is 23.7. The summed E-state index contributed by atoms with van der Waals surface area (Å²) >= 11 is 0. The number of para-hydroxylation sites is 2. The molecule has 0 spiro atoms. The fourth-order valence-electron chi connectivity index (χ4n) is 5.01. The van der Waals surface area contributed by atoms with Crippen LogP contribution in [0.25, 0.3) is 0 Å². The van der Waals surface area contributed by atoms with E-state index >= 15 is 0 Å². The molecule has 4 nitrogen and oxygen atoms in total. The Balaban J connectivity index is 1.53. The first-order chi connectivity index (χ1) is 16.5. The Hall–Kier alpha value is -3.53. The Kier molecular flexibility index (Phi) is 6.14. The van der Waals surface area contributed by atoms with Crippen molar-refractivity contribution in [1.29, 1.82) is 0 Å². The molecule has 0 bridgehead atoms. The average molecular weight is 453 g/mol. The van der Waals surface area contributed by atoms with E-state index < -0.39 is 0 Å². The molecule has 1 aliphatic carbocycles. The van der Waals surface area contributed by atoms with E-state index in [-0.39, 0.29) is 23.8 Å². The van der Waals surface area contributed by atoms with Crippen LogP contribution in [0, 0.1) is 0 Å². The van der Waals surface area contributed by atoms with E-state index in [1.54, 1.807) is 0 Å². The van der Waals surface area contributed by atoms with Gasteiger partial charge in [-0.3, -0.25) is 4.79 Å². The molecule has 0 amide bonds. The predicted octanol–water partition coefficient (Wildman–Crippen LogP) is 7.02. The van der Waals surface area contributed by atoms with E-state index in [1.165, 1.54) is 11.1 Å². The van der Waals surface area contributed by atoms with E-state index in [9.17, 15) is 4.79 Å². The molecule has 0 fully saturated rings. The molecule has 2 atom stereocenters. The Morgan fingerprint density at radius 1 is 0.882 bits per heavy atom. The van der Waals surface area contributed by atoms with Crippen molar-refractivity contribution in [2.75, 3.05) is 10.6 Å². The predicted molar refractivity (Wildman–Crippen MR) is 138 cm³/mol. The maximum absolute atomic E-state index is 13.7. The summed E-state index contributed by atoms with van der Waals surface area (Å²) in [6, 6.07) is 24.8. The second-order valence-corrected chi connectivity index (χ2v) is 9.50. The highest BCUT2D eigenvalue weighted by Crippen LogP contribution is 2.44. The molecule has 34 heavy (non-hydrogen) atoms. The van der Waals surface area contributed by atoms with E-state index in [1.807, 2.05) is 38.1 Å². The van der Waals surface area contributed by atoms with Crippen molar-refractivity contribution in [3.63, 3.8) is 0 Å². The molecule has 3 aromatic carbocycles. The molecule has 5 rings (SSSR count). The van der Waals surface area contributed by atoms with Crippen molar-refractivity contribution in [2.45, 2.75) is 58.1 Å². The van der Waals surface area contributed by atoms with Crippen LogP contribution in [0.4, 0.5) is 11.4 Å². The van der Waals surface area contributed by atoms with Crippen LogP contribution in [0.1, 0.15) is 62.3 Å². The fraction of sp³-hybridized carbons (Fsp3) is 0.300. The second-order valence-electron chi connectivity index (χ2n) is 9.50. The lowest BCUT2D eigenvalue weighted by atomic mass is 9.78. The minimum absolute atomic E-state index is 0.121. The van der Waals surface area contributed by atoms with Gasteiger partial charge in [0.25, 0.3) is 0 Å². The summed E-state index contributed by atoms with van der Waals surface area (Å²) in [4.78, 5) is 13.7. The van der Waals surface area contributed by atoms with Gasteiger partial charge in [-0.05, 0) is 73.6 Å². The van der Waals surface area contributed by atoms with Crippen LogP contribution in [0.5, 0.6) is 5.75 Å². The molecule has 0 aromatic heterocycles. The smallest absolute Gasteiger partial charge is 0.163 e. The number of allylic oxidation sites excluding steroid dienone is 1. The highest BCUT2D eigenvalue weighted by Gasteiger charge is 2.36. The summed E-state index contributed by atoms with van der Waals surface area (Å²) < 4.78 is 5.83. The Morgan fingerprint density at radius 3 is 2.24 bits per heavy atom. The Bertz CT molecular complexity index is 1210. The van der Waals surface area contributed by atoms with Crippen LogP contribution in [0.2, 0.25) is 0 Å². The zero-order valence-electron chi connectivity index (χ0n) is 20.1. The summed E-state index contributed by atoms with van der Waals surface area (Å²) in [5.74, 6) is 1.22. The summed E-state index contributed by atoms with van der Waals surface area (Å²) in [6.45, 7) is 6.21. The first-order valence-electron chi connectivity index (χ1n) is 12.3. The van der Waals surface area contributed by atoms with Gasteiger partial charge in [-0.1, -0.05) is 55.5 Å². The first-order valence-corrected chi connectivity index (χ1v) is 12.3. The van der Waals surface area contributed by atoms with E-state index in [0.717, 1.165) is 46.8 Å². The molecule has 2 N–H and O–H groups in total. The van der Waals surface area contributed by atoms with Crippen molar-refractivity contribution < 1.29 is 9.53 Å². The largest absolute Gasteiger partial charge is 0.491 e. The van der Waals surface area contributed by atoms with Crippen molar-refractivity contribution in [3.05, 3.63) is 101 Å².